The molecule has 2 saturated heterocycles. The molecule has 0 aromatic carbocycles. The maximum absolute atomic E-state index is 13.2. The Hall–Kier alpha value is -1.44. The topological polar surface area (TPSA) is 41.1 Å². The van der Waals surface area contributed by atoms with Crippen molar-refractivity contribution in [3.05, 3.63) is 17.8 Å². The van der Waals surface area contributed by atoms with E-state index in [1.807, 2.05) is 0 Å². The first-order chi connectivity index (χ1) is 9.90. The minimum Gasteiger partial charge on any atom is -0.355 e. The third kappa shape index (κ3) is 2.81. The Morgan fingerprint density at radius 2 is 1.90 bits per heavy atom. The average Bonchev–Trinajstić information content (AvgIpc) is 2.82. The van der Waals surface area contributed by atoms with E-state index in [4.69, 9.17) is 0 Å². The number of halogens is 4. The van der Waals surface area contributed by atoms with Crippen LogP contribution in [0, 0.1) is 11.4 Å². The maximum atomic E-state index is 13.2. The van der Waals surface area contributed by atoms with Crippen molar-refractivity contribution >= 4 is 5.82 Å². The van der Waals surface area contributed by atoms with Gasteiger partial charge in [-0.1, -0.05) is 0 Å². The Kier molecular flexibility index (Phi) is 3.51. The van der Waals surface area contributed by atoms with E-state index in [2.05, 4.69) is 15.3 Å². The minimum atomic E-state index is -4.82. The number of rotatable bonds is 1. The van der Waals surface area contributed by atoms with Crippen LogP contribution in [0.15, 0.2) is 6.20 Å². The van der Waals surface area contributed by atoms with Crippen molar-refractivity contribution in [1.29, 1.82) is 0 Å². The van der Waals surface area contributed by atoms with Crippen LogP contribution in [0.3, 0.4) is 0 Å². The molecule has 0 saturated carbocycles. The summed E-state index contributed by atoms with van der Waals surface area (Å²) in [6, 6.07) is 0. The van der Waals surface area contributed by atoms with Crippen LogP contribution in [0.4, 0.5) is 23.4 Å². The average molecular weight is 304 g/mol. The quantitative estimate of drug-likeness (QED) is 0.808. The first-order valence-electron chi connectivity index (χ1n) is 6.95. The first kappa shape index (κ1) is 14.5. The highest BCUT2D eigenvalue weighted by molar-refractivity contribution is 5.39. The molecule has 0 unspecified atom stereocenters. The lowest BCUT2D eigenvalue weighted by Crippen LogP contribution is -2.38. The number of hydrogen-bond donors (Lipinski definition) is 1. The Balaban J connectivity index is 1.82. The van der Waals surface area contributed by atoms with Gasteiger partial charge in [0.25, 0.3) is 0 Å². The SMILES string of the molecule is Fc1ncc(N2CCC3(CCNCC3)C2)nc1C(F)(F)F. The van der Waals surface area contributed by atoms with Crippen LogP contribution in [-0.2, 0) is 6.18 Å². The Labute approximate surface area is 119 Å². The molecule has 0 radical (unpaired) electrons. The normalized spacial score (nSPS) is 22.0. The molecule has 0 aliphatic carbocycles. The Bertz CT molecular complexity index is 525. The fourth-order valence-corrected chi connectivity index (χ4v) is 3.19. The summed E-state index contributed by atoms with van der Waals surface area (Å²) < 4.78 is 51.3. The summed E-state index contributed by atoms with van der Waals surface area (Å²) in [5, 5.41) is 3.28. The van der Waals surface area contributed by atoms with Gasteiger partial charge in [0.2, 0.25) is 11.6 Å². The molecule has 8 heteroatoms. The lowest BCUT2D eigenvalue weighted by molar-refractivity contribution is -0.144. The standard InChI is InChI=1S/C13H16F4N4/c14-11-10(13(15,16)17)20-9(7-19-11)21-6-3-12(8-21)1-4-18-5-2-12/h7,18H,1-6,8H2. The number of anilines is 1. The Morgan fingerprint density at radius 3 is 2.57 bits per heavy atom. The Morgan fingerprint density at radius 1 is 1.19 bits per heavy atom. The summed E-state index contributed by atoms with van der Waals surface area (Å²) in [6.45, 7) is 3.15. The van der Waals surface area contributed by atoms with E-state index in [0.717, 1.165) is 38.5 Å². The van der Waals surface area contributed by atoms with Gasteiger partial charge in [-0.15, -0.1) is 0 Å². The zero-order valence-corrected chi connectivity index (χ0v) is 11.4. The third-order valence-electron chi connectivity index (χ3n) is 4.41. The van der Waals surface area contributed by atoms with E-state index < -0.39 is 17.8 Å². The molecule has 116 valence electrons. The van der Waals surface area contributed by atoms with Gasteiger partial charge in [-0.25, -0.2) is 9.97 Å². The van der Waals surface area contributed by atoms with E-state index in [1.54, 1.807) is 4.90 Å². The monoisotopic (exact) mass is 304 g/mol. The summed E-state index contributed by atoms with van der Waals surface area (Å²) in [5.41, 5.74) is -1.40. The maximum Gasteiger partial charge on any atom is 0.438 e. The molecule has 2 aliphatic rings. The van der Waals surface area contributed by atoms with Gasteiger partial charge in [0.05, 0.1) is 6.20 Å². The largest absolute Gasteiger partial charge is 0.438 e. The molecule has 2 aliphatic heterocycles. The van der Waals surface area contributed by atoms with Crippen molar-refractivity contribution in [2.75, 3.05) is 31.1 Å². The van der Waals surface area contributed by atoms with Gasteiger partial charge in [-0.2, -0.15) is 17.6 Å². The highest BCUT2D eigenvalue weighted by Crippen LogP contribution is 2.40. The van der Waals surface area contributed by atoms with Crippen LogP contribution in [0.5, 0.6) is 0 Å². The highest BCUT2D eigenvalue weighted by Gasteiger charge is 2.41. The molecule has 21 heavy (non-hydrogen) atoms. The molecular weight excluding hydrogens is 288 g/mol. The smallest absolute Gasteiger partial charge is 0.355 e. The predicted molar refractivity (Wildman–Crippen MR) is 68.4 cm³/mol. The van der Waals surface area contributed by atoms with Crippen molar-refractivity contribution in [2.24, 2.45) is 5.41 Å². The number of alkyl halides is 3. The molecule has 3 heterocycles. The molecule has 2 fully saturated rings. The lowest BCUT2D eigenvalue weighted by atomic mass is 9.78. The van der Waals surface area contributed by atoms with Gasteiger partial charge in [0.15, 0.2) is 0 Å². The van der Waals surface area contributed by atoms with Gasteiger partial charge >= 0.3 is 6.18 Å². The molecule has 0 bridgehead atoms. The van der Waals surface area contributed by atoms with Crippen molar-refractivity contribution in [2.45, 2.75) is 25.4 Å². The number of piperidine rings is 1. The van der Waals surface area contributed by atoms with Gasteiger partial charge in [0, 0.05) is 13.1 Å². The number of nitrogens with zero attached hydrogens (tertiary/aromatic N) is 3. The second kappa shape index (κ2) is 5.08. The molecule has 0 amide bonds. The van der Waals surface area contributed by atoms with Crippen LogP contribution >= 0.6 is 0 Å². The van der Waals surface area contributed by atoms with Gasteiger partial charge in [-0.05, 0) is 37.8 Å². The zero-order chi connectivity index (χ0) is 15.1. The minimum absolute atomic E-state index is 0.110. The van der Waals surface area contributed by atoms with Gasteiger partial charge in [0.1, 0.15) is 5.82 Å². The van der Waals surface area contributed by atoms with Crippen LogP contribution in [0.2, 0.25) is 0 Å². The number of aromatic nitrogens is 2. The van der Waals surface area contributed by atoms with Gasteiger partial charge < -0.3 is 10.2 Å². The molecule has 0 atom stereocenters. The van der Waals surface area contributed by atoms with Crippen molar-refractivity contribution in [3.63, 3.8) is 0 Å². The molecule has 1 N–H and O–H groups in total. The van der Waals surface area contributed by atoms with E-state index in [1.165, 1.54) is 0 Å². The van der Waals surface area contributed by atoms with Crippen LogP contribution in [0.25, 0.3) is 0 Å². The van der Waals surface area contributed by atoms with E-state index in [0.29, 0.717) is 13.1 Å². The lowest BCUT2D eigenvalue weighted by Gasteiger charge is -2.33. The highest BCUT2D eigenvalue weighted by atomic mass is 19.4. The van der Waals surface area contributed by atoms with Crippen LogP contribution < -0.4 is 10.2 Å². The second-order valence-corrected chi connectivity index (χ2v) is 5.79. The van der Waals surface area contributed by atoms with Crippen LogP contribution in [-0.4, -0.2) is 36.1 Å². The van der Waals surface area contributed by atoms with Crippen molar-refractivity contribution in [3.8, 4) is 0 Å². The number of hydrogen-bond acceptors (Lipinski definition) is 4. The van der Waals surface area contributed by atoms with E-state index in [9.17, 15) is 17.6 Å². The second-order valence-electron chi connectivity index (χ2n) is 5.79. The van der Waals surface area contributed by atoms with Crippen LogP contribution in [0.1, 0.15) is 25.0 Å². The first-order valence-corrected chi connectivity index (χ1v) is 6.95. The summed E-state index contributed by atoms with van der Waals surface area (Å²) in [5.74, 6) is -1.46. The molecule has 1 aromatic heterocycles. The molecule has 3 rings (SSSR count). The zero-order valence-electron chi connectivity index (χ0n) is 11.4. The molecular formula is C13H16F4N4. The predicted octanol–water partition coefficient (Wildman–Crippen LogP) is 2.21. The van der Waals surface area contributed by atoms with Gasteiger partial charge in [-0.3, -0.25) is 0 Å². The van der Waals surface area contributed by atoms with E-state index in [-0.39, 0.29) is 11.2 Å². The van der Waals surface area contributed by atoms with Crippen molar-refractivity contribution < 1.29 is 17.6 Å². The van der Waals surface area contributed by atoms with Crippen molar-refractivity contribution in [1.82, 2.24) is 15.3 Å². The number of nitrogens with one attached hydrogen (secondary N) is 1. The summed E-state index contributed by atoms with van der Waals surface area (Å²) in [7, 11) is 0. The third-order valence-corrected chi connectivity index (χ3v) is 4.41. The molecule has 1 aromatic rings. The molecule has 1 spiro atoms. The molecule has 4 nitrogen and oxygen atoms in total. The summed E-state index contributed by atoms with van der Waals surface area (Å²) in [6.07, 6.45) is -0.798. The fraction of sp³-hybridized carbons (Fsp3) is 0.692. The summed E-state index contributed by atoms with van der Waals surface area (Å²) >= 11 is 0. The van der Waals surface area contributed by atoms with E-state index >= 15 is 0 Å². The fourth-order valence-electron chi connectivity index (χ4n) is 3.19. The summed E-state index contributed by atoms with van der Waals surface area (Å²) in [4.78, 5) is 8.46.